The lowest BCUT2D eigenvalue weighted by molar-refractivity contribution is 0.0679. The van der Waals surface area contributed by atoms with Gasteiger partial charge in [0.15, 0.2) is 0 Å². The first kappa shape index (κ1) is 14.6. The molecule has 2 aromatic rings. The smallest absolute Gasteiger partial charge is 0.254 e. The van der Waals surface area contributed by atoms with Crippen LogP contribution in [0.15, 0.2) is 34.1 Å². The average Bonchev–Trinajstić information content (AvgIpc) is 2.96. The number of fused-ring (bicyclic) bond motifs is 1. The van der Waals surface area contributed by atoms with Crippen LogP contribution in [0.2, 0.25) is 0 Å². The third-order valence-electron chi connectivity index (χ3n) is 3.94. The lowest BCUT2D eigenvalue weighted by Gasteiger charge is -2.33. The van der Waals surface area contributed by atoms with Gasteiger partial charge in [-0.15, -0.1) is 11.3 Å². The third kappa shape index (κ3) is 2.60. The van der Waals surface area contributed by atoms with E-state index in [9.17, 15) is 4.79 Å². The quantitative estimate of drug-likeness (QED) is 0.794. The normalized spacial score (nSPS) is 17.5. The van der Waals surface area contributed by atoms with Crippen LogP contribution in [0.1, 0.15) is 33.8 Å². The molecule has 1 atom stereocenters. The number of methoxy groups -OCH3 is 1. The molecule has 1 aliphatic rings. The topological polar surface area (TPSA) is 29.5 Å². The second-order valence-electron chi connectivity index (χ2n) is 5.07. The molecular formula is C16H16BrNO2S. The molecule has 0 unspecified atom stereocenters. The van der Waals surface area contributed by atoms with Gasteiger partial charge in [-0.1, -0.05) is 0 Å². The zero-order valence-electron chi connectivity index (χ0n) is 11.9. The number of carbonyl (C=O) groups is 1. The Hall–Kier alpha value is -1.33. The van der Waals surface area contributed by atoms with Crippen LogP contribution in [0.25, 0.3) is 0 Å². The van der Waals surface area contributed by atoms with E-state index in [-0.39, 0.29) is 11.9 Å². The van der Waals surface area contributed by atoms with Crippen LogP contribution >= 0.6 is 27.3 Å². The Morgan fingerprint density at radius 1 is 1.43 bits per heavy atom. The van der Waals surface area contributed by atoms with Crippen molar-refractivity contribution < 1.29 is 9.53 Å². The highest BCUT2D eigenvalue weighted by molar-refractivity contribution is 9.10. The van der Waals surface area contributed by atoms with Gasteiger partial charge in [-0.3, -0.25) is 4.79 Å². The first-order chi connectivity index (χ1) is 10.1. The van der Waals surface area contributed by atoms with Gasteiger partial charge in [0, 0.05) is 17.0 Å². The SMILES string of the molecule is COc1ccc(C(=O)N2CCc3sccc3[C@@H]2C)cc1Br. The monoisotopic (exact) mass is 365 g/mol. The Kier molecular flexibility index (Phi) is 4.04. The van der Waals surface area contributed by atoms with E-state index in [0.29, 0.717) is 5.56 Å². The number of amides is 1. The molecule has 1 aromatic heterocycles. The molecule has 3 rings (SSSR count). The Morgan fingerprint density at radius 2 is 2.24 bits per heavy atom. The molecule has 0 spiro atoms. The Balaban J connectivity index is 1.88. The standard InChI is InChI=1S/C16H16BrNO2S/c1-10-12-6-8-21-15(12)5-7-18(10)16(19)11-3-4-14(20-2)13(17)9-11/h3-4,6,8-10H,5,7H2,1-2H3/t10-/m0/s1. The van der Waals surface area contributed by atoms with Gasteiger partial charge in [-0.05, 0) is 64.5 Å². The zero-order chi connectivity index (χ0) is 15.0. The molecule has 1 aromatic carbocycles. The Morgan fingerprint density at radius 3 is 2.95 bits per heavy atom. The fourth-order valence-electron chi connectivity index (χ4n) is 2.75. The summed E-state index contributed by atoms with van der Waals surface area (Å²) >= 11 is 5.22. The van der Waals surface area contributed by atoms with E-state index in [1.54, 1.807) is 18.4 Å². The van der Waals surface area contributed by atoms with Crippen molar-refractivity contribution in [2.75, 3.05) is 13.7 Å². The van der Waals surface area contributed by atoms with Crippen LogP contribution in [-0.4, -0.2) is 24.5 Å². The minimum Gasteiger partial charge on any atom is -0.496 e. The maximum absolute atomic E-state index is 12.8. The highest BCUT2D eigenvalue weighted by atomic mass is 79.9. The molecule has 2 heterocycles. The van der Waals surface area contributed by atoms with Crippen molar-refractivity contribution >= 4 is 33.2 Å². The second-order valence-corrected chi connectivity index (χ2v) is 6.93. The van der Waals surface area contributed by atoms with E-state index < -0.39 is 0 Å². The molecule has 0 bridgehead atoms. The van der Waals surface area contributed by atoms with E-state index in [1.807, 2.05) is 23.1 Å². The van der Waals surface area contributed by atoms with Gasteiger partial charge in [0.2, 0.25) is 0 Å². The van der Waals surface area contributed by atoms with Crippen molar-refractivity contribution in [2.45, 2.75) is 19.4 Å². The predicted molar refractivity (Wildman–Crippen MR) is 88.2 cm³/mol. The molecule has 110 valence electrons. The summed E-state index contributed by atoms with van der Waals surface area (Å²) in [7, 11) is 1.62. The fraction of sp³-hybridized carbons (Fsp3) is 0.312. The van der Waals surface area contributed by atoms with E-state index in [0.717, 1.165) is 23.2 Å². The number of carbonyl (C=O) groups excluding carboxylic acids is 1. The van der Waals surface area contributed by atoms with Gasteiger partial charge in [0.05, 0.1) is 17.6 Å². The predicted octanol–water partition coefficient (Wildman–Crippen LogP) is 4.28. The summed E-state index contributed by atoms with van der Waals surface area (Å²) in [5.74, 6) is 0.807. The number of nitrogens with zero attached hydrogens (tertiary/aromatic N) is 1. The van der Waals surface area contributed by atoms with Gasteiger partial charge < -0.3 is 9.64 Å². The zero-order valence-corrected chi connectivity index (χ0v) is 14.3. The minimum absolute atomic E-state index is 0.0719. The summed E-state index contributed by atoms with van der Waals surface area (Å²) in [6.45, 7) is 2.87. The van der Waals surface area contributed by atoms with Gasteiger partial charge in [-0.25, -0.2) is 0 Å². The fourth-order valence-corrected chi connectivity index (χ4v) is 4.26. The van der Waals surface area contributed by atoms with E-state index in [2.05, 4.69) is 34.3 Å². The molecule has 0 saturated carbocycles. The van der Waals surface area contributed by atoms with Crippen LogP contribution in [0.3, 0.4) is 0 Å². The number of ether oxygens (including phenoxy) is 1. The lowest BCUT2D eigenvalue weighted by atomic mass is 10.0. The van der Waals surface area contributed by atoms with Crippen molar-refractivity contribution in [3.05, 3.63) is 50.1 Å². The van der Waals surface area contributed by atoms with Gasteiger partial charge in [0.25, 0.3) is 5.91 Å². The van der Waals surface area contributed by atoms with Gasteiger partial charge in [0.1, 0.15) is 5.75 Å². The molecule has 5 heteroatoms. The van der Waals surface area contributed by atoms with Crippen molar-refractivity contribution in [1.82, 2.24) is 4.90 Å². The minimum atomic E-state index is 0.0719. The van der Waals surface area contributed by atoms with E-state index in [4.69, 9.17) is 4.74 Å². The summed E-state index contributed by atoms with van der Waals surface area (Å²) in [6.07, 6.45) is 0.945. The van der Waals surface area contributed by atoms with Crippen molar-refractivity contribution in [3.63, 3.8) is 0 Å². The molecule has 1 amide bonds. The van der Waals surface area contributed by atoms with Crippen LogP contribution in [0.4, 0.5) is 0 Å². The molecule has 0 N–H and O–H groups in total. The molecule has 0 radical (unpaired) electrons. The van der Waals surface area contributed by atoms with Crippen molar-refractivity contribution in [3.8, 4) is 5.75 Å². The van der Waals surface area contributed by atoms with Gasteiger partial charge >= 0.3 is 0 Å². The number of thiophene rings is 1. The molecular weight excluding hydrogens is 350 g/mol. The molecule has 1 aliphatic heterocycles. The van der Waals surface area contributed by atoms with E-state index >= 15 is 0 Å². The number of rotatable bonds is 2. The first-order valence-corrected chi connectivity index (χ1v) is 8.50. The highest BCUT2D eigenvalue weighted by Gasteiger charge is 2.29. The molecule has 0 fully saturated rings. The maximum Gasteiger partial charge on any atom is 0.254 e. The summed E-state index contributed by atoms with van der Waals surface area (Å²) in [5.41, 5.74) is 1.97. The largest absolute Gasteiger partial charge is 0.496 e. The Bertz CT molecular complexity index is 683. The molecule has 0 saturated heterocycles. The van der Waals surface area contributed by atoms with Crippen LogP contribution in [0.5, 0.6) is 5.75 Å². The highest BCUT2D eigenvalue weighted by Crippen LogP contribution is 2.34. The van der Waals surface area contributed by atoms with Crippen LogP contribution < -0.4 is 4.74 Å². The Labute approximate surface area is 136 Å². The third-order valence-corrected chi connectivity index (χ3v) is 5.55. The average molecular weight is 366 g/mol. The first-order valence-electron chi connectivity index (χ1n) is 6.82. The van der Waals surface area contributed by atoms with Crippen molar-refractivity contribution in [2.24, 2.45) is 0 Å². The van der Waals surface area contributed by atoms with Gasteiger partial charge in [-0.2, -0.15) is 0 Å². The van der Waals surface area contributed by atoms with Crippen molar-refractivity contribution in [1.29, 1.82) is 0 Å². The van der Waals surface area contributed by atoms with Crippen LogP contribution in [0, 0.1) is 0 Å². The number of hydrogen-bond acceptors (Lipinski definition) is 3. The lowest BCUT2D eigenvalue weighted by Crippen LogP contribution is -2.38. The molecule has 21 heavy (non-hydrogen) atoms. The summed E-state index contributed by atoms with van der Waals surface area (Å²) in [5, 5.41) is 2.11. The summed E-state index contributed by atoms with van der Waals surface area (Å²) in [6, 6.07) is 7.74. The van der Waals surface area contributed by atoms with E-state index in [1.165, 1.54) is 10.4 Å². The number of halogens is 1. The maximum atomic E-state index is 12.8. The molecule has 0 aliphatic carbocycles. The second kappa shape index (κ2) is 5.81. The van der Waals surface area contributed by atoms with Crippen LogP contribution in [-0.2, 0) is 6.42 Å². The molecule has 3 nitrogen and oxygen atoms in total. The summed E-state index contributed by atoms with van der Waals surface area (Å²) in [4.78, 5) is 16.1. The number of hydrogen-bond donors (Lipinski definition) is 0. The summed E-state index contributed by atoms with van der Waals surface area (Å²) < 4.78 is 6.01. The number of benzene rings is 1.